The van der Waals surface area contributed by atoms with Crippen LogP contribution in [-0.2, 0) is 30.3 Å². The molecular formula is C31H41N3O6. The van der Waals surface area contributed by atoms with Crippen LogP contribution in [0, 0.1) is 6.92 Å². The van der Waals surface area contributed by atoms with Gasteiger partial charge in [-0.25, -0.2) is 4.79 Å². The SMILES string of the molecule is CCOC(=O)CCNC(=O)C(c1cccc(C)c1)N(C(=O)C(Cc1ccccc1)NC(=O)OC(C)(C)C)C1CC1. The van der Waals surface area contributed by atoms with Crippen LogP contribution in [0.4, 0.5) is 4.79 Å². The van der Waals surface area contributed by atoms with Gasteiger partial charge in [0.2, 0.25) is 11.8 Å². The van der Waals surface area contributed by atoms with Crippen LogP contribution in [0.1, 0.15) is 69.7 Å². The first-order valence-electron chi connectivity index (χ1n) is 13.8. The summed E-state index contributed by atoms with van der Waals surface area (Å²) in [6, 6.07) is 14.8. The molecule has 0 radical (unpaired) electrons. The highest BCUT2D eigenvalue weighted by Crippen LogP contribution is 2.36. The van der Waals surface area contributed by atoms with Crippen LogP contribution < -0.4 is 10.6 Å². The molecule has 0 aliphatic heterocycles. The van der Waals surface area contributed by atoms with Crippen molar-refractivity contribution in [3.63, 3.8) is 0 Å². The van der Waals surface area contributed by atoms with E-state index in [2.05, 4.69) is 10.6 Å². The minimum absolute atomic E-state index is 0.0221. The standard InChI is InChI=1S/C31H41N3O6/c1-6-39-26(35)17-18-32-28(36)27(23-14-10-11-21(2)19-23)34(24-15-16-24)29(37)25(20-22-12-8-7-9-13-22)33-30(38)40-31(3,4)5/h7-14,19,24-25,27H,6,15-18,20H2,1-5H3,(H,32,36)(H,33,38). The fraction of sp³-hybridized carbons (Fsp3) is 0.484. The van der Waals surface area contributed by atoms with Gasteiger partial charge in [0, 0.05) is 19.0 Å². The van der Waals surface area contributed by atoms with E-state index in [0.717, 1.165) is 24.0 Å². The third kappa shape index (κ3) is 9.39. The quantitative estimate of drug-likeness (QED) is 0.382. The molecule has 1 aliphatic rings. The van der Waals surface area contributed by atoms with Crippen molar-refractivity contribution in [1.82, 2.24) is 15.5 Å². The maximum absolute atomic E-state index is 14.3. The fourth-order valence-corrected chi connectivity index (χ4v) is 4.45. The van der Waals surface area contributed by atoms with Crippen LogP contribution >= 0.6 is 0 Å². The number of nitrogens with zero attached hydrogens (tertiary/aromatic N) is 1. The van der Waals surface area contributed by atoms with Crippen LogP contribution in [0.15, 0.2) is 54.6 Å². The number of hydrogen-bond acceptors (Lipinski definition) is 6. The molecule has 2 aromatic carbocycles. The van der Waals surface area contributed by atoms with E-state index in [1.807, 2.05) is 61.5 Å². The number of benzene rings is 2. The predicted octanol–water partition coefficient (Wildman–Crippen LogP) is 4.23. The maximum atomic E-state index is 14.3. The van der Waals surface area contributed by atoms with E-state index in [0.29, 0.717) is 5.56 Å². The summed E-state index contributed by atoms with van der Waals surface area (Å²) >= 11 is 0. The Labute approximate surface area is 236 Å². The highest BCUT2D eigenvalue weighted by Gasteiger charge is 2.44. The van der Waals surface area contributed by atoms with E-state index in [-0.39, 0.29) is 37.9 Å². The number of aryl methyl sites for hydroxylation is 1. The van der Waals surface area contributed by atoms with Crippen LogP contribution in [0.5, 0.6) is 0 Å². The summed E-state index contributed by atoms with van der Waals surface area (Å²) in [6.45, 7) is 9.25. The number of esters is 1. The summed E-state index contributed by atoms with van der Waals surface area (Å²) in [6.07, 6.45) is 1.04. The van der Waals surface area contributed by atoms with Gasteiger partial charge < -0.3 is 25.0 Å². The summed E-state index contributed by atoms with van der Waals surface area (Å²) in [4.78, 5) is 54.3. The summed E-state index contributed by atoms with van der Waals surface area (Å²) in [5.41, 5.74) is 1.71. The lowest BCUT2D eigenvalue weighted by molar-refractivity contribution is -0.144. The van der Waals surface area contributed by atoms with Gasteiger partial charge in [-0.1, -0.05) is 60.2 Å². The Morgan fingerprint density at radius 2 is 1.73 bits per heavy atom. The molecule has 2 atom stereocenters. The van der Waals surface area contributed by atoms with Gasteiger partial charge in [-0.05, 0) is 58.6 Å². The zero-order valence-corrected chi connectivity index (χ0v) is 24.1. The van der Waals surface area contributed by atoms with Crippen molar-refractivity contribution in [2.45, 2.75) is 84.0 Å². The second-order valence-electron chi connectivity index (χ2n) is 11.0. The minimum Gasteiger partial charge on any atom is -0.466 e. The number of amides is 3. The first-order valence-corrected chi connectivity index (χ1v) is 13.8. The molecule has 3 rings (SSSR count). The molecule has 0 bridgehead atoms. The van der Waals surface area contributed by atoms with Crippen molar-refractivity contribution in [1.29, 1.82) is 0 Å². The zero-order valence-electron chi connectivity index (χ0n) is 24.1. The van der Waals surface area contributed by atoms with Crippen LogP contribution in [-0.4, -0.2) is 59.6 Å². The highest BCUT2D eigenvalue weighted by atomic mass is 16.6. The number of rotatable bonds is 12. The number of alkyl carbamates (subject to hydrolysis) is 1. The molecule has 0 saturated heterocycles. The Morgan fingerprint density at radius 1 is 1.02 bits per heavy atom. The van der Waals surface area contributed by atoms with E-state index in [4.69, 9.17) is 9.47 Å². The van der Waals surface area contributed by atoms with Gasteiger partial charge >= 0.3 is 12.1 Å². The molecule has 9 heteroatoms. The Balaban J connectivity index is 1.94. The lowest BCUT2D eigenvalue weighted by Gasteiger charge is -2.35. The summed E-state index contributed by atoms with van der Waals surface area (Å²) in [7, 11) is 0. The molecule has 1 aliphatic carbocycles. The van der Waals surface area contributed by atoms with Crippen molar-refractivity contribution in [2.24, 2.45) is 0 Å². The molecule has 1 fully saturated rings. The molecule has 216 valence electrons. The van der Waals surface area contributed by atoms with Gasteiger partial charge in [0.25, 0.3) is 0 Å². The van der Waals surface area contributed by atoms with E-state index in [1.165, 1.54) is 0 Å². The molecule has 0 aromatic heterocycles. The smallest absolute Gasteiger partial charge is 0.408 e. The topological polar surface area (TPSA) is 114 Å². The highest BCUT2D eigenvalue weighted by molar-refractivity contribution is 5.93. The zero-order chi connectivity index (χ0) is 29.3. The lowest BCUT2D eigenvalue weighted by atomic mass is 9.99. The molecule has 2 unspecified atom stereocenters. The van der Waals surface area contributed by atoms with Gasteiger partial charge in [0.05, 0.1) is 13.0 Å². The van der Waals surface area contributed by atoms with Crippen molar-refractivity contribution < 1.29 is 28.7 Å². The largest absolute Gasteiger partial charge is 0.466 e. The third-order valence-electron chi connectivity index (χ3n) is 6.28. The lowest BCUT2D eigenvalue weighted by Crippen LogP contribution is -2.54. The summed E-state index contributed by atoms with van der Waals surface area (Å²) in [5, 5.41) is 5.59. The third-order valence-corrected chi connectivity index (χ3v) is 6.28. The average Bonchev–Trinajstić information content (AvgIpc) is 3.71. The molecular weight excluding hydrogens is 510 g/mol. The second kappa shape index (κ2) is 14.0. The van der Waals surface area contributed by atoms with Gasteiger partial charge in [0.15, 0.2) is 0 Å². The van der Waals surface area contributed by atoms with E-state index in [1.54, 1.807) is 32.6 Å². The van der Waals surface area contributed by atoms with E-state index < -0.39 is 35.7 Å². The Hall–Kier alpha value is -3.88. The molecule has 0 heterocycles. The second-order valence-corrected chi connectivity index (χ2v) is 11.0. The Bertz CT molecular complexity index is 1170. The van der Waals surface area contributed by atoms with E-state index in [9.17, 15) is 19.2 Å². The van der Waals surface area contributed by atoms with Crippen LogP contribution in [0.3, 0.4) is 0 Å². The number of carbonyl (C=O) groups is 4. The number of carbonyl (C=O) groups excluding carboxylic acids is 4. The minimum atomic E-state index is -0.961. The van der Waals surface area contributed by atoms with Gasteiger partial charge in [-0.15, -0.1) is 0 Å². The molecule has 3 amide bonds. The van der Waals surface area contributed by atoms with Crippen molar-refractivity contribution >= 4 is 23.9 Å². The first kappa shape index (κ1) is 30.7. The van der Waals surface area contributed by atoms with Crippen molar-refractivity contribution in [3.8, 4) is 0 Å². The Kier molecular flexibility index (Phi) is 10.7. The van der Waals surface area contributed by atoms with Gasteiger partial charge in [-0.3, -0.25) is 14.4 Å². The van der Waals surface area contributed by atoms with Crippen LogP contribution in [0.2, 0.25) is 0 Å². The molecule has 9 nitrogen and oxygen atoms in total. The molecule has 2 N–H and O–H groups in total. The molecule has 1 saturated carbocycles. The first-order chi connectivity index (χ1) is 19.0. The Morgan fingerprint density at radius 3 is 2.33 bits per heavy atom. The summed E-state index contributed by atoms with van der Waals surface area (Å²) < 4.78 is 10.4. The normalized spacial score (nSPS) is 14.4. The van der Waals surface area contributed by atoms with Crippen molar-refractivity contribution in [2.75, 3.05) is 13.2 Å². The maximum Gasteiger partial charge on any atom is 0.408 e. The van der Waals surface area contributed by atoms with Gasteiger partial charge in [-0.2, -0.15) is 0 Å². The van der Waals surface area contributed by atoms with E-state index >= 15 is 0 Å². The predicted molar refractivity (Wildman–Crippen MR) is 151 cm³/mol. The van der Waals surface area contributed by atoms with Crippen LogP contribution in [0.25, 0.3) is 0 Å². The number of nitrogens with one attached hydrogen (secondary N) is 2. The molecule has 40 heavy (non-hydrogen) atoms. The summed E-state index contributed by atoms with van der Waals surface area (Å²) in [5.74, 6) is -1.18. The molecule has 0 spiro atoms. The molecule has 2 aromatic rings. The van der Waals surface area contributed by atoms with Gasteiger partial charge in [0.1, 0.15) is 17.7 Å². The number of hydrogen-bond donors (Lipinski definition) is 2. The monoisotopic (exact) mass is 551 g/mol. The average molecular weight is 552 g/mol. The van der Waals surface area contributed by atoms with Crippen molar-refractivity contribution in [3.05, 3.63) is 71.3 Å². The fourth-order valence-electron chi connectivity index (χ4n) is 4.45. The number of ether oxygens (including phenoxy) is 2.